The molecule has 1 heterocycles. The Hall–Kier alpha value is -0.200. The zero-order chi connectivity index (χ0) is 11.1. The van der Waals surface area contributed by atoms with E-state index in [1.807, 2.05) is 0 Å². The summed E-state index contributed by atoms with van der Waals surface area (Å²) in [5.74, 6) is 0. The number of methoxy groups -OCH3 is 1. The Kier molecular flexibility index (Phi) is 3.00. The fourth-order valence-corrected chi connectivity index (χ4v) is 2.77. The van der Waals surface area contributed by atoms with Crippen molar-refractivity contribution in [2.45, 2.75) is 55.9 Å². The standard InChI is InChI=1S/C10H18O5/c1-14-8-6(11)7(12)9(13)15-10(8)4-2-3-5-10/h6-9,11-13H,2-5H2,1H3. The molecule has 1 saturated carbocycles. The minimum Gasteiger partial charge on any atom is -0.387 e. The van der Waals surface area contributed by atoms with Gasteiger partial charge in [-0.05, 0) is 12.8 Å². The zero-order valence-electron chi connectivity index (χ0n) is 8.80. The highest BCUT2D eigenvalue weighted by atomic mass is 16.7. The second-order valence-electron chi connectivity index (χ2n) is 4.42. The van der Waals surface area contributed by atoms with E-state index in [1.165, 1.54) is 7.11 Å². The fourth-order valence-electron chi connectivity index (χ4n) is 2.77. The quantitative estimate of drug-likeness (QED) is 0.547. The predicted molar refractivity (Wildman–Crippen MR) is 51.1 cm³/mol. The maximum atomic E-state index is 9.82. The van der Waals surface area contributed by atoms with E-state index in [4.69, 9.17) is 9.47 Å². The first kappa shape index (κ1) is 11.3. The van der Waals surface area contributed by atoms with Gasteiger partial charge in [0.05, 0.1) is 0 Å². The van der Waals surface area contributed by atoms with Crippen molar-refractivity contribution >= 4 is 0 Å². The maximum Gasteiger partial charge on any atom is 0.184 e. The molecule has 2 fully saturated rings. The Morgan fingerprint density at radius 1 is 1.13 bits per heavy atom. The van der Waals surface area contributed by atoms with E-state index in [0.29, 0.717) is 0 Å². The van der Waals surface area contributed by atoms with Crippen LogP contribution >= 0.6 is 0 Å². The number of rotatable bonds is 1. The molecule has 1 spiro atoms. The zero-order valence-corrected chi connectivity index (χ0v) is 8.80. The maximum absolute atomic E-state index is 9.82. The SMILES string of the molecule is COC1C(O)C(O)C(O)OC12CCCC2. The van der Waals surface area contributed by atoms with E-state index < -0.39 is 30.2 Å². The number of aliphatic hydroxyl groups excluding tert-OH is 3. The summed E-state index contributed by atoms with van der Waals surface area (Å²) >= 11 is 0. The van der Waals surface area contributed by atoms with Crippen LogP contribution in [0.2, 0.25) is 0 Å². The van der Waals surface area contributed by atoms with E-state index in [9.17, 15) is 15.3 Å². The van der Waals surface area contributed by atoms with E-state index in [0.717, 1.165) is 25.7 Å². The minimum absolute atomic E-state index is 0.557. The molecule has 1 aliphatic heterocycles. The van der Waals surface area contributed by atoms with Gasteiger partial charge in [0.2, 0.25) is 0 Å². The third kappa shape index (κ3) is 1.68. The van der Waals surface area contributed by atoms with Gasteiger partial charge in [-0.2, -0.15) is 0 Å². The summed E-state index contributed by atoms with van der Waals surface area (Å²) in [6.45, 7) is 0. The molecule has 2 rings (SSSR count). The molecule has 5 heteroatoms. The molecular formula is C10H18O5. The van der Waals surface area contributed by atoms with Crippen LogP contribution in [0.5, 0.6) is 0 Å². The summed E-state index contributed by atoms with van der Waals surface area (Å²) in [7, 11) is 1.49. The first-order valence-corrected chi connectivity index (χ1v) is 5.35. The molecule has 4 atom stereocenters. The third-order valence-electron chi connectivity index (χ3n) is 3.53. The van der Waals surface area contributed by atoms with Crippen LogP contribution in [0.4, 0.5) is 0 Å². The first-order chi connectivity index (χ1) is 7.10. The van der Waals surface area contributed by atoms with Crippen LogP contribution in [-0.2, 0) is 9.47 Å². The first-order valence-electron chi connectivity index (χ1n) is 5.35. The summed E-state index contributed by atoms with van der Waals surface area (Å²) in [6.07, 6.45) is -0.746. The lowest BCUT2D eigenvalue weighted by molar-refractivity contribution is -0.322. The molecule has 0 aromatic rings. The third-order valence-corrected chi connectivity index (χ3v) is 3.53. The van der Waals surface area contributed by atoms with Gasteiger partial charge in [-0.3, -0.25) is 0 Å². The van der Waals surface area contributed by atoms with Crippen LogP contribution in [0.3, 0.4) is 0 Å². The van der Waals surface area contributed by atoms with E-state index in [1.54, 1.807) is 0 Å². The molecule has 5 nitrogen and oxygen atoms in total. The van der Waals surface area contributed by atoms with Gasteiger partial charge in [-0.1, -0.05) is 12.8 Å². The number of aliphatic hydroxyl groups is 3. The molecule has 0 aromatic carbocycles. The highest BCUT2D eigenvalue weighted by molar-refractivity contribution is 5.02. The summed E-state index contributed by atoms with van der Waals surface area (Å²) in [5, 5.41) is 28.8. The smallest absolute Gasteiger partial charge is 0.184 e. The highest BCUT2D eigenvalue weighted by Gasteiger charge is 2.54. The molecule has 0 amide bonds. The molecule has 0 bridgehead atoms. The summed E-state index contributed by atoms with van der Waals surface area (Å²) < 4.78 is 10.7. The largest absolute Gasteiger partial charge is 0.387 e. The van der Waals surface area contributed by atoms with Gasteiger partial charge in [0.15, 0.2) is 6.29 Å². The molecule has 15 heavy (non-hydrogen) atoms. The molecule has 1 saturated heterocycles. The lowest BCUT2D eigenvalue weighted by atomic mass is 9.85. The topological polar surface area (TPSA) is 79.2 Å². The Labute approximate surface area is 88.6 Å². The van der Waals surface area contributed by atoms with Crippen molar-refractivity contribution < 1.29 is 24.8 Å². The van der Waals surface area contributed by atoms with Gasteiger partial charge in [0.1, 0.15) is 23.9 Å². The number of hydrogen-bond acceptors (Lipinski definition) is 5. The van der Waals surface area contributed by atoms with Gasteiger partial charge < -0.3 is 24.8 Å². The van der Waals surface area contributed by atoms with Crippen molar-refractivity contribution in [3.63, 3.8) is 0 Å². The van der Waals surface area contributed by atoms with Gasteiger partial charge in [-0.25, -0.2) is 0 Å². The van der Waals surface area contributed by atoms with Crippen LogP contribution in [0, 0.1) is 0 Å². The van der Waals surface area contributed by atoms with Crippen LogP contribution in [0.1, 0.15) is 25.7 Å². The molecule has 0 aromatic heterocycles. The van der Waals surface area contributed by atoms with E-state index in [2.05, 4.69) is 0 Å². The van der Waals surface area contributed by atoms with Gasteiger partial charge in [-0.15, -0.1) is 0 Å². The molecular weight excluding hydrogens is 200 g/mol. The average Bonchev–Trinajstić information content (AvgIpc) is 2.65. The van der Waals surface area contributed by atoms with Crippen LogP contribution < -0.4 is 0 Å². The Morgan fingerprint density at radius 2 is 1.73 bits per heavy atom. The lowest BCUT2D eigenvalue weighted by Crippen LogP contribution is -2.63. The molecule has 1 aliphatic carbocycles. The van der Waals surface area contributed by atoms with Crippen LogP contribution in [-0.4, -0.2) is 52.6 Å². The van der Waals surface area contributed by atoms with Crippen molar-refractivity contribution in [3.05, 3.63) is 0 Å². The Bertz CT molecular complexity index is 226. The molecule has 0 radical (unpaired) electrons. The van der Waals surface area contributed by atoms with Crippen molar-refractivity contribution in [3.8, 4) is 0 Å². The summed E-state index contributed by atoms with van der Waals surface area (Å²) in [6, 6.07) is 0. The number of ether oxygens (including phenoxy) is 2. The van der Waals surface area contributed by atoms with Gasteiger partial charge >= 0.3 is 0 Å². The average molecular weight is 218 g/mol. The minimum atomic E-state index is -1.32. The van der Waals surface area contributed by atoms with Gasteiger partial charge in [0, 0.05) is 7.11 Å². The van der Waals surface area contributed by atoms with E-state index >= 15 is 0 Å². The van der Waals surface area contributed by atoms with Crippen molar-refractivity contribution in [2.75, 3.05) is 7.11 Å². The molecule has 2 aliphatic rings. The monoisotopic (exact) mass is 218 g/mol. The second kappa shape index (κ2) is 3.99. The van der Waals surface area contributed by atoms with E-state index in [-0.39, 0.29) is 0 Å². The van der Waals surface area contributed by atoms with Crippen molar-refractivity contribution in [2.24, 2.45) is 0 Å². The molecule has 3 N–H and O–H groups in total. The highest BCUT2D eigenvalue weighted by Crippen LogP contribution is 2.42. The molecule has 88 valence electrons. The Morgan fingerprint density at radius 3 is 2.27 bits per heavy atom. The van der Waals surface area contributed by atoms with Crippen molar-refractivity contribution in [1.82, 2.24) is 0 Å². The van der Waals surface area contributed by atoms with Gasteiger partial charge in [0.25, 0.3) is 0 Å². The fraction of sp³-hybridized carbons (Fsp3) is 1.00. The number of hydrogen-bond donors (Lipinski definition) is 3. The molecule has 4 unspecified atom stereocenters. The Balaban J connectivity index is 2.22. The summed E-state index contributed by atoms with van der Waals surface area (Å²) in [4.78, 5) is 0. The van der Waals surface area contributed by atoms with Crippen molar-refractivity contribution in [1.29, 1.82) is 0 Å². The predicted octanol–water partition coefficient (Wildman–Crippen LogP) is -0.615. The normalized spacial score (nSPS) is 44.8. The van der Waals surface area contributed by atoms with Crippen LogP contribution in [0.15, 0.2) is 0 Å². The second-order valence-corrected chi connectivity index (χ2v) is 4.42. The van der Waals surface area contributed by atoms with Crippen LogP contribution in [0.25, 0.3) is 0 Å². The lowest BCUT2D eigenvalue weighted by Gasteiger charge is -2.47. The summed E-state index contributed by atoms with van der Waals surface area (Å²) in [5.41, 5.74) is -0.618.